The van der Waals surface area contributed by atoms with E-state index in [1.807, 2.05) is 38.1 Å². The first kappa shape index (κ1) is 24.0. The van der Waals surface area contributed by atoms with Crippen LogP contribution in [-0.4, -0.2) is 36.4 Å². The Morgan fingerprint density at radius 1 is 1.10 bits per heavy atom. The summed E-state index contributed by atoms with van der Waals surface area (Å²) >= 11 is 12.2. The Kier molecular flexibility index (Phi) is 9.00. The lowest BCUT2D eigenvalue weighted by atomic mass is 10.1. The normalized spacial score (nSPS) is 11.8. The third-order valence-corrected chi connectivity index (χ3v) is 5.28. The summed E-state index contributed by atoms with van der Waals surface area (Å²) in [6.07, 6.45) is 0.0712. The molecule has 0 bridgehead atoms. The molecule has 0 saturated heterocycles. The van der Waals surface area contributed by atoms with Gasteiger partial charge in [-0.15, -0.1) is 0 Å². The molecule has 1 N–H and O–H groups in total. The fourth-order valence-corrected chi connectivity index (χ4v) is 3.41. The van der Waals surface area contributed by atoms with E-state index in [9.17, 15) is 9.59 Å². The molecule has 2 amide bonds. The van der Waals surface area contributed by atoms with Gasteiger partial charge >= 0.3 is 0 Å². The fraction of sp³-hybridized carbons (Fsp3) is 0.391. The van der Waals surface area contributed by atoms with Crippen molar-refractivity contribution in [2.45, 2.75) is 39.8 Å². The van der Waals surface area contributed by atoms with Crippen LogP contribution in [0.15, 0.2) is 42.5 Å². The van der Waals surface area contributed by atoms with Gasteiger partial charge in [0.1, 0.15) is 11.8 Å². The molecule has 5 nitrogen and oxygen atoms in total. The van der Waals surface area contributed by atoms with Crippen LogP contribution in [-0.2, 0) is 22.6 Å². The number of rotatable bonds is 9. The quantitative estimate of drug-likeness (QED) is 0.600. The minimum absolute atomic E-state index is 0.0712. The molecule has 0 heterocycles. The largest absolute Gasteiger partial charge is 0.497 e. The van der Waals surface area contributed by atoms with E-state index in [4.69, 9.17) is 27.9 Å². The Balaban J connectivity index is 2.26. The van der Waals surface area contributed by atoms with Gasteiger partial charge in [0.2, 0.25) is 11.8 Å². The summed E-state index contributed by atoms with van der Waals surface area (Å²) in [5.41, 5.74) is 1.53. The lowest BCUT2D eigenvalue weighted by Crippen LogP contribution is -2.48. The summed E-state index contributed by atoms with van der Waals surface area (Å²) in [6, 6.07) is 11.8. The van der Waals surface area contributed by atoms with Crippen LogP contribution in [0.5, 0.6) is 5.75 Å². The van der Waals surface area contributed by atoms with E-state index < -0.39 is 6.04 Å². The number of nitrogens with zero attached hydrogens (tertiary/aromatic N) is 1. The van der Waals surface area contributed by atoms with E-state index in [1.165, 1.54) is 0 Å². The van der Waals surface area contributed by atoms with Crippen LogP contribution in [0.3, 0.4) is 0 Å². The topological polar surface area (TPSA) is 58.6 Å². The van der Waals surface area contributed by atoms with Crippen molar-refractivity contribution < 1.29 is 14.3 Å². The molecule has 0 aliphatic rings. The van der Waals surface area contributed by atoms with Crippen LogP contribution >= 0.6 is 23.2 Å². The van der Waals surface area contributed by atoms with Crippen LogP contribution in [0.1, 0.15) is 31.9 Å². The SMILES string of the molecule is COc1cccc(CN(C(=O)Cc2ccc(Cl)cc2Cl)C(C)C(=O)NCC(C)C)c1. The van der Waals surface area contributed by atoms with Crippen molar-refractivity contribution in [3.05, 3.63) is 63.6 Å². The fourth-order valence-electron chi connectivity index (χ4n) is 2.93. The highest BCUT2D eigenvalue weighted by atomic mass is 35.5. The van der Waals surface area contributed by atoms with Gasteiger partial charge in [-0.25, -0.2) is 0 Å². The summed E-state index contributed by atoms with van der Waals surface area (Å²) in [4.78, 5) is 27.5. The molecule has 0 aliphatic heterocycles. The molecule has 0 aliphatic carbocycles. The summed E-state index contributed by atoms with van der Waals surface area (Å²) in [5.74, 6) is 0.616. The number of methoxy groups -OCH3 is 1. The van der Waals surface area contributed by atoms with Gasteiger partial charge < -0.3 is 15.0 Å². The van der Waals surface area contributed by atoms with Crippen molar-refractivity contribution in [3.8, 4) is 5.75 Å². The molecule has 2 aromatic rings. The van der Waals surface area contributed by atoms with Crippen molar-refractivity contribution in [2.24, 2.45) is 5.92 Å². The predicted molar refractivity (Wildman–Crippen MR) is 121 cm³/mol. The summed E-state index contributed by atoms with van der Waals surface area (Å²) in [7, 11) is 1.59. The lowest BCUT2D eigenvalue weighted by Gasteiger charge is -2.29. The second kappa shape index (κ2) is 11.2. The number of hydrogen-bond donors (Lipinski definition) is 1. The molecule has 0 fully saturated rings. The average Bonchev–Trinajstić information content (AvgIpc) is 2.71. The van der Waals surface area contributed by atoms with Crippen molar-refractivity contribution >= 4 is 35.0 Å². The molecule has 0 radical (unpaired) electrons. The van der Waals surface area contributed by atoms with E-state index >= 15 is 0 Å². The number of benzene rings is 2. The van der Waals surface area contributed by atoms with Crippen molar-refractivity contribution in [1.82, 2.24) is 10.2 Å². The highest BCUT2D eigenvalue weighted by Crippen LogP contribution is 2.23. The standard InChI is InChI=1S/C23H28Cl2N2O3/c1-15(2)13-26-23(29)16(3)27(14-17-6-5-7-20(10-17)30-4)22(28)11-18-8-9-19(24)12-21(18)25/h5-10,12,15-16H,11,13-14H2,1-4H3,(H,26,29). The number of carbonyl (C=O) groups is 2. The molecular formula is C23H28Cl2N2O3. The Bertz CT molecular complexity index is 887. The molecule has 1 atom stereocenters. The molecule has 162 valence electrons. The van der Waals surface area contributed by atoms with Gasteiger partial charge in [0, 0.05) is 23.1 Å². The van der Waals surface area contributed by atoms with E-state index in [0.29, 0.717) is 33.8 Å². The van der Waals surface area contributed by atoms with Gasteiger partial charge in [-0.2, -0.15) is 0 Å². The second-order valence-electron chi connectivity index (χ2n) is 7.60. The maximum absolute atomic E-state index is 13.2. The Hall–Kier alpha value is -2.24. The van der Waals surface area contributed by atoms with Gasteiger partial charge in [-0.1, -0.05) is 55.2 Å². The minimum Gasteiger partial charge on any atom is -0.497 e. The minimum atomic E-state index is -0.645. The summed E-state index contributed by atoms with van der Waals surface area (Å²) in [5, 5.41) is 3.84. The number of amides is 2. The third-order valence-electron chi connectivity index (χ3n) is 4.70. The molecule has 7 heteroatoms. The molecule has 2 aromatic carbocycles. The van der Waals surface area contributed by atoms with Crippen LogP contribution in [0.25, 0.3) is 0 Å². The smallest absolute Gasteiger partial charge is 0.242 e. The highest BCUT2D eigenvalue weighted by molar-refractivity contribution is 6.35. The van der Waals surface area contributed by atoms with Gasteiger partial charge in [-0.05, 0) is 48.2 Å². The predicted octanol–water partition coefficient (Wildman–Crippen LogP) is 4.73. The number of carbonyl (C=O) groups excluding carboxylic acids is 2. The Labute approximate surface area is 188 Å². The Morgan fingerprint density at radius 3 is 2.47 bits per heavy atom. The van der Waals surface area contributed by atoms with Crippen molar-refractivity contribution in [1.29, 1.82) is 0 Å². The van der Waals surface area contributed by atoms with E-state index in [2.05, 4.69) is 5.32 Å². The van der Waals surface area contributed by atoms with Gasteiger partial charge in [0.05, 0.1) is 13.5 Å². The van der Waals surface area contributed by atoms with Crippen LogP contribution in [0, 0.1) is 5.92 Å². The van der Waals surface area contributed by atoms with Crippen LogP contribution in [0.4, 0.5) is 0 Å². The first-order valence-corrected chi connectivity index (χ1v) is 10.6. The highest BCUT2D eigenvalue weighted by Gasteiger charge is 2.26. The number of ether oxygens (including phenoxy) is 1. The van der Waals surface area contributed by atoms with Gasteiger partial charge in [0.25, 0.3) is 0 Å². The lowest BCUT2D eigenvalue weighted by molar-refractivity contribution is -0.140. The second-order valence-corrected chi connectivity index (χ2v) is 8.44. The van der Waals surface area contributed by atoms with Crippen molar-refractivity contribution in [3.63, 3.8) is 0 Å². The third kappa shape index (κ3) is 6.92. The molecule has 30 heavy (non-hydrogen) atoms. The Morgan fingerprint density at radius 2 is 1.83 bits per heavy atom. The monoisotopic (exact) mass is 450 g/mol. The first-order valence-electron chi connectivity index (χ1n) is 9.85. The molecule has 0 spiro atoms. The molecule has 0 aromatic heterocycles. The van der Waals surface area contributed by atoms with E-state index in [-0.39, 0.29) is 24.8 Å². The number of halogens is 2. The van der Waals surface area contributed by atoms with E-state index in [0.717, 1.165) is 5.56 Å². The molecule has 0 saturated carbocycles. The average molecular weight is 451 g/mol. The molecule has 2 rings (SSSR count). The van der Waals surface area contributed by atoms with Gasteiger partial charge in [-0.3, -0.25) is 9.59 Å². The molecular weight excluding hydrogens is 423 g/mol. The number of nitrogens with one attached hydrogen (secondary N) is 1. The zero-order valence-corrected chi connectivity index (χ0v) is 19.3. The first-order chi connectivity index (χ1) is 14.2. The summed E-state index contributed by atoms with van der Waals surface area (Å²) in [6.45, 7) is 6.60. The maximum atomic E-state index is 13.2. The molecule has 1 unspecified atom stereocenters. The maximum Gasteiger partial charge on any atom is 0.242 e. The zero-order chi connectivity index (χ0) is 22.3. The number of hydrogen-bond acceptors (Lipinski definition) is 3. The van der Waals surface area contributed by atoms with Crippen LogP contribution in [0.2, 0.25) is 10.0 Å². The van der Waals surface area contributed by atoms with Gasteiger partial charge in [0.15, 0.2) is 0 Å². The van der Waals surface area contributed by atoms with E-state index in [1.54, 1.807) is 37.1 Å². The zero-order valence-electron chi connectivity index (χ0n) is 17.7. The summed E-state index contributed by atoms with van der Waals surface area (Å²) < 4.78 is 5.28. The van der Waals surface area contributed by atoms with Crippen molar-refractivity contribution in [2.75, 3.05) is 13.7 Å². The van der Waals surface area contributed by atoms with Crippen LogP contribution < -0.4 is 10.1 Å².